The van der Waals surface area contributed by atoms with Gasteiger partial charge in [0, 0.05) is 6.20 Å². The predicted molar refractivity (Wildman–Crippen MR) is 44.0 cm³/mol. The molecule has 10 heavy (non-hydrogen) atoms. The summed E-state index contributed by atoms with van der Waals surface area (Å²) >= 11 is 5.58. The second-order valence-electron chi connectivity index (χ2n) is 1.91. The normalized spacial score (nSPS) is 10.6. The molecule has 0 radical (unpaired) electrons. The van der Waals surface area contributed by atoms with Crippen LogP contribution in [0.3, 0.4) is 0 Å². The molecule has 0 aliphatic carbocycles. The van der Waals surface area contributed by atoms with Crippen LogP contribution in [0.4, 0.5) is 0 Å². The van der Waals surface area contributed by atoms with Gasteiger partial charge in [0.05, 0.1) is 0 Å². The molecule has 0 aromatic carbocycles. The predicted octanol–water partition coefficient (Wildman–Crippen LogP) is 2.77. The topological polar surface area (TPSA) is 12.9 Å². The molecule has 2 heteroatoms. The van der Waals surface area contributed by atoms with Gasteiger partial charge < -0.3 is 0 Å². The van der Waals surface area contributed by atoms with Crippen molar-refractivity contribution >= 4 is 17.7 Å². The first-order chi connectivity index (χ1) is 4.83. The van der Waals surface area contributed by atoms with Crippen LogP contribution in [0.25, 0.3) is 6.08 Å². The molecular formula is C8H8ClN. The molecule has 0 saturated carbocycles. The lowest BCUT2D eigenvalue weighted by Gasteiger charge is -1.90. The van der Waals surface area contributed by atoms with Gasteiger partial charge in [0.25, 0.3) is 0 Å². The van der Waals surface area contributed by atoms with Crippen LogP contribution in [0, 0.1) is 0 Å². The van der Waals surface area contributed by atoms with Crippen molar-refractivity contribution in [1.82, 2.24) is 4.98 Å². The Morgan fingerprint density at radius 1 is 1.50 bits per heavy atom. The van der Waals surface area contributed by atoms with E-state index in [1.165, 1.54) is 0 Å². The first-order valence-electron chi connectivity index (χ1n) is 3.07. The van der Waals surface area contributed by atoms with Crippen molar-refractivity contribution in [2.75, 3.05) is 0 Å². The van der Waals surface area contributed by atoms with Crippen LogP contribution >= 0.6 is 11.6 Å². The van der Waals surface area contributed by atoms with E-state index in [1.54, 1.807) is 12.3 Å². The molecule has 0 aliphatic heterocycles. The van der Waals surface area contributed by atoms with Crippen LogP contribution in [0.1, 0.15) is 12.5 Å². The summed E-state index contributed by atoms with van der Waals surface area (Å²) in [5, 5.41) is 0.535. The fourth-order valence-electron chi connectivity index (χ4n) is 0.678. The molecule has 0 bridgehead atoms. The first kappa shape index (κ1) is 7.29. The maximum atomic E-state index is 5.58. The molecule has 0 amide bonds. The van der Waals surface area contributed by atoms with Gasteiger partial charge in [-0.1, -0.05) is 29.8 Å². The average molecular weight is 154 g/mol. The molecule has 52 valence electrons. The van der Waals surface area contributed by atoms with Gasteiger partial charge in [0.15, 0.2) is 0 Å². The van der Waals surface area contributed by atoms with E-state index >= 15 is 0 Å². The van der Waals surface area contributed by atoms with E-state index in [2.05, 4.69) is 4.98 Å². The van der Waals surface area contributed by atoms with Gasteiger partial charge in [-0.3, -0.25) is 0 Å². The Labute approximate surface area is 65.4 Å². The lowest BCUT2D eigenvalue weighted by atomic mass is 10.3. The lowest BCUT2D eigenvalue weighted by molar-refractivity contribution is 1.32. The molecule has 0 N–H and O–H groups in total. The van der Waals surface area contributed by atoms with E-state index in [0.717, 1.165) is 5.56 Å². The molecular weight excluding hydrogens is 146 g/mol. The van der Waals surface area contributed by atoms with Gasteiger partial charge in [0.1, 0.15) is 5.15 Å². The molecule has 1 aromatic heterocycles. The smallest absolute Gasteiger partial charge is 0.129 e. The van der Waals surface area contributed by atoms with Gasteiger partial charge in [-0.15, -0.1) is 0 Å². The zero-order valence-electron chi connectivity index (χ0n) is 5.71. The summed E-state index contributed by atoms with van der Waals surface area (Å²) in [6.07, 6.45) is 5.68. The second-order valence-corrected chi connectivity index (χ2v) is 2.30. The summed E-state index contributed by atoms with van der Waals surface area (Å²) in [4.78, 5) is 3.91. The number of aromatic nitrogens is 1. The maximum Gasteiger partial charge on any atom is 0.129 e. The van der Waals surface area contributed by atoms with Crippen LogP contribution in [0.2, 0.25) is 5.15 Å². The lowest BCUT2D eigenvalue weighted by Crippen LogP contribution is -1.75. The highest BCUT2D eigenvalue weighted by Gasteiger charge is 1.86. The van der Waals surface area contributed by atoms with Crippen molar-refractivity contribution in [3.63, 3.8) is 0 Å². The molecule has 1 heterocycles. The third-order valence-corrected chi connectivity index (χ3v) is 1.33. The standard InChI is InChI=1S/C8H8ClN/c1-2-3-7-4-5-8(9)10-6-7/h2-6H,1H3. The quantitative estimate of drug-likeness (QED) is 0.566. The Balaban J connectivity index is 2.89. The van der Waals surface area contributed by atoms with E-state index < -0.39 is 0 Å². The van der Waals surface area contributed by atoms with Crippen LogP contribution in [0.15, 0.2) is 24.4 Å². The first-order valence-corrected chi connectivity index (χ1v) is 3.45. The van der Waals surface area contributed by atoms with Gasteiger partial charge in [0.2, 0.25) is 0 Å². The number of rotatable bonds is 1. The zero-order valence-corrected chi connectivity index (χ0v) is 6.47. The SMILES string of the molecule is CC=Cc1ccc(Cl)nc1. The summed E-state index contributed by atoms with van der Waals surface area (Å²) in [6.45, 7) is 1.97. The second kappa shape index (κ2) is 3.37. The third-order valence-electron chi connectivity index (χ3n) is 1.11. The van der Waals surface area contributed by atoms with Crippen molar-refractivity contribution in [3.05, 3.63) is 35.1 Å². The minimum Gasteiger partial charge on any atom is -0.244 e. The monoisotopic (exact) mass is 153 g/mol. The fraction of sp³-hybridized carbons (Fsp3) is 0.125. The van der Waals surface area contributed by atoms with Crippen molar-refractivity contribution in [2.45, 2.75) is 6.92 Å². The van der Waals surface area contributed by atoms with E-state index in [9.17, 15) is 0 Å². The fourth-order valence-corrected chi connectivity index (χ4v) is 0.790. The molecule has 0 fully saturated rings. The summed E-state index contributed by atoms with van der Waals surface area (Å²) in [6, 6.07) is 3.70. The number of hydrogen-bond donors (Lipinski definition) is 0. The van der Waals surface area contributed by atoms with Gasteiger partial charge in [-0.25, -0.2) is 4.98 Å². The summed E-state index contributed by atoms with van der Waals surface area (Å²) in [5.74, 6) is 0. The molecule has 0 saturated heterocycles. The number of nitrogens with zero attached hydrogens (tertiary/aromatic N) is 1. The highest BCUT2D eigenvalue weighted by Crippen LogP contribution is 2.05. The molecule has 0 aliphatic rings. The van der Waals surface area contributed by atoms with E-state index in [-0.39, 0.29) is 0 Å². The molecule has 1 nitrogen and oxygen atoms in total. The highest BCUT2D eigenvalue weighted by molar-refractivity contribution is 6.29. The van der Waals surface area contributed by atoms with Crippen LogP contribution in [-0.2, 0) is 0 Å². The Morgan fingerprint density at radius 2 is 2.30 bits per heavy atom. The Morgan fingerprint density at radius 3 is 2.80 bits per heavy atom. The third kappa shape index (κ3) is 1.85. The van der Waals surface area contributed by atoms with Crippen molar-refractivity contribution < 1.29 is 0 Å². The average Bonchev–Trinajstić information content (AvgIpc) is 1.95. The Hall–Kier alpha value is -0.820. The van der Waals surface area contributed by atoms with Crippen LogP contribution < -0.4 is 0 Å². The van der Waals surface area contributed by atoms with Crippen LogP contribution in [0.5, 0.6) is 0 Å². The van der Waals surface area contributed by atoms with Crippen molar-refractivity contribution in [3.8, 4) is 0 Å². The van der Waals surface area contributed by atoms with Gasteiger partial charge in [-0.05, 0) is 18.6 Å². The molecule has 1 aromatic rings. The highest BCUT2D eigenvalue weighted by atomic mass is 35.5. The zero-order chi connectivity index (χ0) is 7.40. The number of hydrogen-bond acceptors (Lipinski definition) is 1. The largest absolute Gasteiger partial charge is 0.244 e. The minimum atomic E-state index is 0.535. The van der Waals surface area contributed by atoms with E-state index in [1.807, 2.05) is 25.1 Å². The Kier molecular flexibility index (Phi) is 2.46. The van der Waals surface area contributed by atoms with E-state index in [4.69, 9.17) is 11.6 Å². The van der Waals surface area contributed by atoms with E-state index in [0.29, 0.717) is 5.15 Å². The minimum absolute atomic E-state index is 0.535. The van der Waals surface area contributed by atoms with Gasteiger partial charge >= 0.3 is 0 Å². The summed E-state index contributed by atoms with van der Waals surface area (Å²) in [7, 11) is 0. The number of halogens is 1. The van der Waals surface area contributed by atoms with Crippen molar-refractivity contribution in [2.24, 2.45) is 0 Å². The molecule has 0 atom stereocenters. The number of allylic oxidation sites excluding steroid dienone is 1. The molecule has 1 rings (SSSR count). The number of pyridine rings is 1. The maximum absolute atomic E-state index is 5.58. The molecule has 0 unspecified atom stereocenters. The van der Waals surface area contributed by atoms with Gasteiger partial charge in [-0.2, -0.15) is 0 Å². The summed E-state index contributed by atoms with van der Waals surface area (Å²) < 4.78 is 0. The van der Waals surface area contributed by atoms with Crippen LogP contribution in [-0.4, -0.2) is 4.98 Å². The molecule has 0 spiro atoms. The summed E-state index contributed by atoms with van der Waals surface area (Å²) in [5.41, 5.74) is 1.08. The van der Waals surface area contributed by atoms with Crippen molar-refractivity contribution in [1.29, 1.82) is 0 Å². The Bertz CT molecular complexity index is 226.